The highest BCUT2D eigenvalue weighted by Crippen LogP contribution is 2.15. The molecule has 0 aliphatic heterocycles. The minimum absolute atomic E-state index is 0.160. The molecule has 0 fully saturated rings. The zero-order chi connectivity index (χ0) is 10.7. The molecule has 14 heavy (non-hydrogen) atoms. The third-order valence-corrected chi connectivity index (χ3v) is 1.85. The van der Waals surface area contributed by atoms with Crippen LogP contribution in [-0.4, -0.2) is 22.3 Å². The van der Waals surface area contributed by atoms with Gasteiger partial charge in [-0.05, 0) is 23.8 Å². The van der Waals surface area contributed by atoms with Crippen LogP contribution in [0.2, 0.25) is 5.02 Å². The lowest BCUT2D eigenvalue weighted by Crippen LogP contribution is -2.21. The van der Waals surface area contributed by atoms with Gasteiger partial charge in [0.25, 0.3) is 0 Å². The van der Waals surface area contributed by atoms with E-state index in [1.165, 1.54) is 6.07 Å². The van der Waals surface area contributed by atoms with Gasteiger partial charge < -0.3 is 10.2 Å². The van der Waals surface area contributed by atoms with Crippen LogP contribution in [0.25, 0.3) is 0 Å². The van der Waals surface area contributed by atoms with Crippen LogP contribution in [0, 0.1) is 5.82 Å². The molecule has 0 radical (unpaired) electrons. The molecule has 1 unspecified atom stereocenters. The Morgan fingerprint density at radius 3 is 2.64 bits per heavy atom. The number of carboxylic acid groups (broad SMARTS) is 1. The smallest absolute Gasteiger partial charge is 0.332 e. The van der Waals surface area contributed by atoms with Gasteiger partial charge in [0.05, 0.1) is 0 Å². The highest BCUT2D eigenvalue weighted by atomic mass is 35.5. The Morgan fingerprint density at radius 2 is 2.14 bits per heavy atom. The predicted molar refractivity (Wildman–Crippen MR) is 48.8 cm³/mol. The van der Waals surface area contributed by atoms with E-state index in [-0.39, 0.29) is 11.4 Å². The molecule has 1 atom stereocenters. The average Bonchev–Trinajstić information content (AvgIpc) is 2.01. The molecule has 0 saturated carbocycles. The number of aliphatic hydroxyl groups is 1. The fourth-order valence-electron chi connectivity index (χ4n) is 1.04. The van der Waals surface area contributed by atoms with Crippen LogP contribution in [0.4, 0.5) is 4.39 Å². The van der Waals surface area contributed by atoms with Crippen molar-refractivity contribution in [3.05, 3.63) is 34.6 Å². The third kappa shape index (κ3) is 2.97. The minimum atomic E-state index is -1.53. The van der Waals surface area contributed by atoms with Gasteiger partial charge >= 0.3 is 5.97 Å². The van der Waals surface area contributed by atoms with Crippen LogP contribution in [-0.2, 0) is 11.2 Å². The van der Waals surface area contributed by atoms with Gasteiger partial charge in [-0.25, -0.2) is 9.18 Å². The van der Waals surface area contributed by atoms with Crippen molar-refractivity contribution < 1.29 is 19.4 Å². The molecular weight excluding hydrogens is 211 g/mol. The molecule has 1 rings (SSSR count). The second-order valence-corrected chi connectivity index (χ2v) is 3.27. The quantitative estimate of drug-likeness (QED) is 0.808. The topological polar surface area (TPSA) is 57.5 Å². The minimum Gasteiger partial charge on any atom is -0.479 e. The van der Waals surface area contributed by atoms with Gasteiger partial charge in [-0.1, -0.05) is 11.6 Å². The largest absolute Gasteiger partial charge is 0.479 e. The van der Waals surface area contributed by atoms with Crippen molar-refractivity contribution in [1.82, 2.24) is 0 Å². The Labute approximate surface area is 84.7 Å². The van der Waals surface area contributed by atoms with Crippen molar-refractivity contribution in [2.75, 3.05) is 0 Å². The standard InChI is InChI=1S/C9H8ClFO3/c10-6-1-5(2-7(11)4-6)3-8(12)9(13)14/h1-2,4,8,12H,3H2,(H,13,14). The first-order chi connectivity index (χ1) is 6.49. The summed E-state index contributed by atoms with van der Waals surface area (Å²) in [4.78, 5) is 10.3. The number of carbonyl (C=O) groups is 1. The molecule has 3 nitrogen and oxygen atoms in total. The number of hydrogen-bond donors (Lipinski definition) is 2. The number of hydrogen-bond acceptors (Lipinski definition) is 2. The highest BCUT2D eigenvalue weighted by molar-refractivity contribution is 6.30. The fraction of sp³-hybridized carbons (Fsp3) is 0.222. The number of benzene rings is 1. The van der Waals surface area contributed by atoms with E-state index >= 15 is 0 Å². The van der Waals surface area contributed by atoms with Crippen molar-refractivity contribution in [1.29, 1.82) is 0 Å². The monoisotopic (exact) mass is 218 g/mol. The maximum atomic E-state index is 12.8. The SMILES string of the molecule is O=C(O)C(O)Cc1cc(F)cc(Cl)c1. The molecule has 0 heterocycles. The fourth-order valence-corrected chi connectivity index (χ4v) is 1.28. The molecule has 0 bridgehead atoms. The molecule has 0 aliphatic carbocycles. The summed E-state index contributed by atoms with van der Waals surface area (Å²) in [6, 6.07) is 3.66. The van der Waals surface area contributed by atoms with Gasteiger partial charge in [0, 0.05) is 11.4 Å². The zero-order valence-corrected chi connectivity index (χ0v) is 7.83. The Kier molecular flexibility index (Phi) is 3.43. The number of rotatable bonds is 3. The lowest BCUT2D eigenvalue weighted by Gasteiger charge is -2.05. The summed E-state index contributed by atoms with van der Waals surface area (Å²) >= 11 is 5.54. The summed E-state index contributed by atoms with van der Waals surface area (Å²) in [5.74, 6) is -1.89. The summed E-state index contributed by atoms with van der Waals surface area (Å²) in [5.41, 5.74) is 0.352. The van der Waals surface area contributed by atoms with E-state index in [1.54, 1.807) is 0 Å². The van der Waals surface area contributed by atoms with Crippen molar-refractivity contribution in [3.8, 4) is 0 Å². The molecule has 1 aromatic rings. The lowest BCUT2D eigenvalue weighted by molar-refractivity contribution is -0.146. The Balaban J connectivity index is 2.81. The molecule has 1 aromatic carbocycles. The van der Waals surface area contributed by atoms with E-state index in [9.17, 15) is 9.18 Å². The lowest BCUT2D eigenvalue weighted by atomic mass is 10.1. The first-order valence-electron chi connectivity index (χ1n) is 3.85. The van der Waals surface area contributed by atoms with Crippen LogP contribution in [0.5, 0.6) is 0 Å². The molecule has 0 spiro atoms. The van der Waals surface area contributed by atoms with E-state index < -0.39 is 17.9 Å². The first kappa shape index (κ1) is 10.9. The van der Waals surface area contributed by atoms with E-state index in [1.807, 2.05) is 0 Å². The third-order valence-electron chi connectivity index (χ3n) is 1.64. The Hall–Kier alpha value is -1.13. The van der Waals surface area contributed by atoms with Crippen molar-refractivity contribution in [2.24, 2.45) is 0 Å². The molecule has 0 aromatic heterocycles. The summed E-state index contributed by atoms with van der Waals surface area (Å²) in [6.45, 7) is 0. The van der Waals surface area contributed by atoms with Gasteiger partial charge in [-0.2, -0.15) is 0 Å². The van der Waals surface area contributed by atoms with Gasteiger partial charge in [0.1, 0.15) is 5.82 Å². The van der Waals surface area contributed by atoms with Gasteiger partial charge in [-0.15, -0.1) is 0 Å². The number of carboxylic acids is 1. The van der Waals surface area contributed by atoms with Gasteiger partial charge in [-0.3, -0.25) is 0 Å². The Morgan fingerprint density at radius 1 is 1.50 bits per heavy atom. The van der Waals surface area contributed by atoms with Crippen molar-refractivity contribution in [2.45, 2.75) is 12.5 Å². The van der Waals surface area contributed by atoms with Crippen LogP contribution >= 0.6 is 11.6 Å². The van der Waals surface area contributed by atoms with Gasteiger partial charge in [0.15, 0.2) is 6.10 Å². The zero-order valence-electron chi connectivity index (χ0n) is 7.08. The first-order valence-corrected chi connectivity index (χ1v) is 4.22. The molecular formula is C9H8ClFO3. The Bertz CT molecular complexity index is 334. The molecule has 76 valence electrons. The van der Waals surface area contributed by atoms with E-state index in [2.05, 4.69) is 0 Å². The number of aliphatic carboxylic acids is 1. The van der Waals surface area contributed by atoms with Crippen LogP contribution in [0.1, 0.15) is 5.56 Å². The maximum absolute atomic E-state index is 12.8. The normalized spacial score (nSPS) is 12.5. The van der Waals surface area contributed by atoms with E-state index in [0.717, 1.165) is 12.1 Å². The van der Waals surface area contributed by atoms with Crippen LogP contribution in [0.15, 0.2) is 18.2 Å². The second-order valence-electron chi connectivity index (χ2n) is 2.84. The number of aliphatic hydroxyl groups excluding tert-OH is 1. The highest BCUT2D eigenvalue weighted by Gasteiger charge is 2.14. The molecule has 2 N–H and O–H groups in total. The molecule has 5 heteroatoms. The summed E-state index contributed by atoms with van der Waals surface area (Å²) < 4.78 is 12.8. The molecule has 0 saturated heterocycles. The second kappa shape index (κ2) is 4.39. The number of halogens is 2. The molecule has 0 aliphatic rings. The van der Waals surface area contributed by atoms with Crippen molar-refractivity contribution >= 4 is 17.6 Å². The average molecular weight is 219 g/mol. The van der Waals surface area contributed by atoms with Gasteiger partial charge in [0.2, 0.25) is 0 Å². The van der Waals surface area contributed by atoms with E-state index in [0.29, 0.717) is 5.56 Å². The van der Waals surface area contributed by atoms with Crippen LogP contribution in [0.3, 0.4) is 0 Å². The predicted octanol–water partition coefficient (Wildman–Crippen LogP) is 1.47. The van der Waals surface area contributed by atoms with Crippen molar-refractivity contribution in [3.63, 3.8) is 0 Å². The molecule has 0 amide bonds. The summed E-state index contributed by atoms with van der Waals surface area (Å²) in [7, 11) is 0. The summed E-state index contributed by atoms with van der Waals surface area (Å²) in [5, 5.41) is 17.6. The van der Waals surface area contributed by atoms with Crippen LogP contribution < -0.4 is 0 Å². The maximum Gasteiger partial charge on any atom is 0.332 e. The van der Waals surface area contributed by atoms with E-state index in [4.69, 9.17) is 21.8 Å². The summed E-state index contributed by atoms with van der Waals surface area (Å²) in [6.07, 6.45) is -1.69.